The van der Waals surface area contributed by atoms with Crippen LogP contribution in [0.5, 0.6) is 0 Å². The predicted molar refractivity (Wildman–Crippen MR) is 80.6 cm³/mol. The number of benzene rings is 1. The summed E-state index contributed by atoms with van der Waals surface area (Å²) in [6.45, 7) is 1.49. The molecule has 1 aromatic carbocycles. The minimum absolute atomic E-state index is 0.0258. The SMILES string of the molecule is CCOC(=O)C(C=Nc1cnsn1)=C(O)c1cc(F)c(F)cc1F. The Morgan fingerprint density at radius 2 is 2.04 bits per heavy atom. The minimum Gasteiger partial charge on any atom is -0.506 e. The summed E-state index contributed by atoms with van der Waals surface area (Å²) in [4.78, 5) is 15.7. The molecule has 0 unspecified atom stereocenters. The number of carbonyl (C=O) groups is 1. The summed E-state index contributed by atoms with van der Waals surface area (Å²) < 4.78 is 52.3. The Hall–Kier alpha value is -2.75. The molecule has 10 heteroatoms. The molecule has 0 atom stereocenters. The van der Waals surface area contributed by atoms with Crippen LogP contribution in [0.2, 0.25) is 0 Å². The van der Waals surface area contributed by atoms with Crippen molar-refractivity contribution in [2.75, 3.05) is 6.61 Å². The molecule has 0 bridgehead atoms. The van der Waals surface area contributed by atoms with Gasteiger partial charge < -0.3 is 9.84 Å². The van der Waals surface area contributed by atoms with Crippen LogP contribution in [0.4, 0.5) is 19.0 Å². The molecule has 2 rings (SSSR count). The van der Waals surface area contributed by atoms with Crippen molar-refractivity contribution in [1.29, 1.82) is 0 Å². The second-order valence-corrected chi connectivity index (χ2v) is 4.81. The summed E-state index contributed by atoms with van der Waals surface area (Å²) in [6, 6.07) is 0.683. The normalized spacial score (nSPS) is 12.3. The van der Waals surface area contributed by atoms with Crippen LogP contribution >= 0.6 is 11.7 Å². The van der Waals surface area contributed by atoms with Crippen LogP contribution in [0.1, 0.15) is 12.5 Å². The lowest BCUT2D eigenvalue weighted by atomic mass is 10.1. The Morgan fingerprint density at radius 1 is 1.33 bits per heavy atom. The zero-order valence-electron chi connectivity index (χ0n) is 12.2. The number of nitrogens with zero attached hydrogens (tertiary/aromatic N) is 3. The highest BCUT2D eigenvalue weighted by molar-refractivity contribution is 6.99. The van der Waals surface area contributed by atoms with Crippen LogP contribution in [0.15, 0.2) is 28.9 Å². The molecule has 0 saturated heterocycles. The summed E-state index contributed by atoms with van der Waals surface area (Å²) in [7, 11) is 0. The third kappa shape index (κ3) is 3.96. The number of hydrogen-bond acceptors (Lipinski definition) is 7. The van der Waals surface area contributed by atoms with Crippen molar-refractivity contribution >= 4 is 35.5 Å². The van der Waals surface area contributed by atoms with E-state index in [4.69, 9.17) is 4.74 Å². The number of aliphatic imine (C=N–C) groups is 1. The third-order valence-electron chi connectivity index (χ3n) is 2.69. The second kappa shape index (κ2) is 7.68. The fourth-order valence-corrected chi connectivity index (χ4v) is 1.98. The van der Waals surface area contributed by atoms with Crippen LogP contribution < -0.4 is 0 Å². The minimum atomic E-state index is -1.43. The van der Waals surface area contributed by atoms with E-state index in [2.05, 4.69) is 13.7 Å². The van der Waals surface area contributed by atoms with Gasteiger partial charge in [0.15, 0.2) is 17.5 Å². The van der Waals surface area contributed by atoms with E-state index in [0.29, 0.717) is 6.07 Å². The average molecular weight is 357 g/mol. The van der Waals surface area contributed by atoms with E-state index in [1.54, 1.807) is 0 Å². The highest BCUT2D eigenvalue weighted by Gasteiger charge is 2.21. The van der Waals surface area contributed by atoms with E-state index >= 15 is 0 Å². The lowest BCUT2D eigenvalue weighted by Crippen LogP contribution is -2.12. The molecular weight excluding hydrogens is 347 g/mol. The maximum absolute atomic E-state index is 13.8. The average Bonchev–Trinajstić information content (AvgIpc) is 3.04. The lowest BCUT2D eigenvalue weighted by Gasteiger charge is -2.08. The first kappa shape index (κ1) is 17.6. The summed E-state index contributed by atoms with van der Waals surface area (Å²) in [6.07, 6.45) is 2.17. The van der Waals surface area contributed by atoms with Gasteiger partial charge in [-0.1, -0.05) is 0 Å². The van der Waals surface area contributed by atoms with Crippen LogP contribution in [0, 0.1) is 17.5 Å². The molecule has 1 heterocycles. The first-order valence-electron chi connectivity index (χ1n) is 6.51. The fraction of sp³-hybridized carbons (Fsp3) is 0.143. The quantitative estimate of drug-likeness (QED) is 0.292. The van der Waals surface area contributed by atoms with Gasteiger partial charge in [0, 0.05) is 12.3 Å². The molecule has 0 saturated carbocycles. The van der Waals surface area contributed by atoms with Crippen molar-refractivity contribution in [3.63, 3.8) is 0 Å². The molecule has 2 aromatic rings. The van der Waals surface area contributed by atoms with Crippen molar-refractivity contribution in [2.45, 2.75) is 6.92 Å². The highest BCUT2D eigenvalue weighted by Crippen LogP contribution is 2.23. The molecule has 0 radical (unpaired) electrons. The van der Waals surface area contributed by atoms with Gasteiger partial charge in [0.25, 0.3) is 0 Å². The number of carbonyl (C=O) groups excluding carboxylic acids is 1. The number of hydrogen-bond donors (Lipinski definition) is 1. The second-order valence-electron chi connectivity index (χ2n) is 4.25. The molecule has 0 aliphatic rings. The maximum atomic E-state index is 13.8. The first-order chi connectivity index (χ1) is 11.4. The Bertz CT molecular complexity index is 807. The van der Waals surface area contributed by atoms with Crippen LogP contribution in [0.25, 0.3) is 5.76 Å². The summed E-state index contributed by atoms with van der Waals surface area (Å²) >= 11 is 0.861. The van der Waals surface area contributed by atoms with E-state index in [-0.39, 0.29) is 18.5 Å². The van der Waals surface area contributed by atoms with Crippen molar-refractivity contribution in [1.82, 2.24) is 8.75 Å². The number of aromatic nitrogens is 2. The molecule has 6 nitrogen and oxygen atoms in total. The van der Waals surface area contributed by atoms with Crippen molar-refractivity contribution in [2.24, 2.45) is 4.99 Å². The first-order valence-corrected chi connectivity index (χ1v) is 7.24. The number of rotatable bonds is 5. The van der Waals surface area contributed by atoms with E-state index in [1.807, 2.05) is 0 Å². The summed E-state index contributed by atoms with van der Waals surface area (Å²) in [5.41, 5.74) is -1.26. The molecule has 1 aromatic heterocycles. The molecule has 126 valence electrons. The van der Waals surface area contributed by atoms with Gasteiger partial charge in [-0.15, -0.1) is 0 Å². The molecule has 24 heavy (non-hydrogen) atoms. The van der Waals surface area contributed by atoms with Gasteiger partial charge in [-0.3, -0.25) is 0 Å². The largest absolute Gasteiger partial charge is 0.506 e. The van der Waals surface area contributed by atoms with Gasteiger partial charge in [-0.25, -0.2) is 23.0 Å². The molecule has 0 spiro atoms. The smallest absolute Gasteiger partial charge is 0.343 e. The van der Waals surface area contributed by atoms with Crippen molar-refractivity contribution < 1.29 is 27.8 Å². The standard InChI is InChI=1S/C14H10F3N3O3S/c1-2-23-14(22)8(5-18-12-6-19-24-20-12)13(21)7-3-10(16)11(17)4-9(7)15/h3-6,21H,2H2,1H3. The van der Waals surface area contributed by atoms with Crippen molar-refractivity contribution in [3.8, 4) is 0 Å². The van der Waals surface area contributed by atoms with Crippen LogP contribution in [0.3, 0.4) is 0 Å². The Balaban J connectivity index is 2.53. The number of esters is 1. The molecule has 0 fully saturated rings. The molecule has 0 aliphatic heterocycles. The van der Waals surface area contributed by atoms with E-state index in [0.717, 1.165) is 17.9 Å². The van der Waals surface area contributed by atoms with Crippen LogP contribution in [-0.4, -0.2) is 32.6 Å². The zero-order valence-corrected chi connectivity index (χ0v) is 13.0. The van der Waals surface area contributed by atoms with Gasteiger partial charge in [0.1, 0.15) is 17.1 Å². The lowest BCUT2D eigenvalue weighted by molar-refractivity contribution is -0.137. The maximum Gasteiger partial charge on any atom is 0.343 e. The number of halogens is 3. The Kier molecular flexibility index (Phi) is 5.64. The van der Waals surface area contributed by atoms with E-state index in [1.165, 1.54) is 13.1 Å². The molecule has 0 amide bonds. The van der Waals surface area contributed by atoms with E-state index < -0.39 is 40.3 Å². The Labute approximate surface area is 138 Å². The zero-order chi connectivity index (χ0) is 17.7. The third-order valence-corrected chi connectivity index (χ3v) is 3.16. The molecular formula is C14H10F3N3O3S. The van der Waals surface area contributed by atoms with E-state index in [9.17, 15) is 23.1 Å². The predicted octanol–water partition coefficient (Wildman–Crippen LogP) is 3.19. The highest BCUT2D eigenvalue weighted by atomic mass is 32.1. The van der Waals surface area contributed by atoms with Crippen LogP contribution in [-0.2, 0) is 9.53 Å². The summed E-state index contributed by atoms with van der Waals surface area (Å²) in [5.74, 6) is -5.90. The topological polar surface area (TPSA) is 84.7 Å². The number of ether oxygens (including phenoxy) is 1. The Morgan fingerprint density at radius 3 is 2.67 bits per heavy atom. The van der Waals surface area contributed by atoms with Gasteiger partial charge in [-0.2, -0.15) is 8.75 Å². The fourth-order valence-electron chi connectivity index (χ4n) is 1.62. The molecule has 1 N–H and O–H groups in total. The van der Waals surface area contributed by atoms with Crippen molar-refractivity contribution in [3.05, 3.63) is 46.9 Å². The number of aliphatic hydroxyl groups is 1. The molecule has 0 aliphatic carbocycles. The van der Waals surface area contributed by atoms with Gasteiger partial charge >= 0.3 is 5.97 Å². The van der Waals surface area contributed by atoms with Gasteiger partial charge in [0.05, 0.1) is 30.1 Å². The monoisotopic (exact) mass is 357 g/mol. The van der Waals surface area contributed by atoms with Gasteiger partial charge in [0.2, 0.25) is 0 Å². The summed E-state index contributed by atoms with van der Waals surface area (Å²) in [5, 5.41) is 10.1. The number of aliphatic hydroxyl groups excluding tert-OH is 1. The van der Waals surface area contributed by atoms with Gasteiger partial charge in [-0.05, 0) is 13.0 Å².